The first-order chi connectivity index (χ1) is 12.2. The molecule has 4 rings (SSSR count). The molecule has 6 nitrogen and oxygen atoms in total. The summed E-state index contributed by atoms with van der Waals surface area (Å²) in [7, 11) is 0. The van der Waals surface area contributed by atoms with Gasteiger partial charge in [-0.2, -0.15) is 5.26 Å². The predicted molar refractivity (Wildman–Crippen MR) is 94.2 cm³/mol. The van der Waals surface area contributed by atoms with E-state index in [1.165, 1.54) is 12.7 Å². The largest absolute Gasteiger partial charge is 0.456 e. The molecule has 0 aliphatic carbocycles. The second-order valence-electron chi connectivity index (χ2n) is 5.54. The maximum Gasteiger partial charge on any atom is 0.230 e. The third-order valence-corrected chi connectivity index (χ3v) is 3.96. The average molecular weight is 327 g/mol. The van der Waals surface area contributed by atoms with Crippen LogP contribution in [0, 0.1) is 18.3 Å². The molecule has 1 N–H and O–H groups in total. The minimum absolute atomic E-state index is 0.477. The van der Waals surface area contributed by atoms with E-state index in [1.807, 2.05) is 37.3 Å². The molecule has 0 aliphatic rings. The van der Waals surface area contributed by atoms with Crippen LogP contribution in [-0.2, 0) is 0 Å². The summed E-state index contributed by atoms with van der Waals surface area (Å²) in [4.78, 5) is 11.9. The van der Waals surface area contributed by atoms with Crippen LogP contribution in [0.5, 0.6) is 0 Å². The van der Waals surface area contributed by atoms with Gasteiger partial charge in [-0.25, -0.2) is 15.0 Å². The molecule has 120 valence electrons. The van der Waals surface area contributed by atoms with E-state index in [4.69, 9.17) is 9.68 Å². The molecule has 2 aromatic carbocycles. The van der Waals surface area contributed by atoms with Gasteiger partial charge >= 0.3 is 0 Å². The van der Waals surface area contributed by atoms with Crippen molar-refractivity contribution in [3.05, 3.63) is 66.2 Å². The van der Waals surface area contributed by atoms with E-state index in [1.54, 1.807) is 12.1 Å². The van der Waals surface area contributed by atoms with Gasteiger partial charge in [-0.1, -0.05) is 0 Å². The van der Waals surface area contributed by atoms with Crippen LogP contribution in [0.25, 0.3) is 22.3 Å². The van der Waals surface area contributed by atoms with Crippen LogP contribution in [0.3, 0.4) is 0 Å². The fourth-order valence-electron chi connectivity index (χ4n) is 2.71. The van der Waals surface area contributed by atoms with Crippen molar-refractivity contribution in [2.45, 2.75) is 6.92 Å². The van der Waals surface area contributed by atoms with E-state index < -0.39 is 0 Å². The maximum atomic E-state index is 8.93. The van der Waals surface area contributed by atoms with Gasteiger partial charge < -0.3 is 9.73 Å². The number of hydrogen-bond donors (Lipinski definition) is 1. The van der Waals surface area contributed by atoms with E-state index in [0.29, 0.717) is 11.5 Å². The van der Waals surface area contributed by atoms with Crippen LogP contribution in [-0.4, -0.2) is 15.0 Å². The highest BCUT2D eigenvalue weighted by Gasteiger charge is 2.13. The zero-order valence-corrected chi connectivity index (χ0v) is 13.4. The number of furan rings is 1. The van der Waals surface area contributed by atoms with Crippen molar-refractivity contribution < 1.29 is 4.42 Å². The number of aryl methyl sites for hydroxylation is 1. The first-order valence-corrected chi connectivity index (χ1v) is 7.67. The fourth-order valence-corrected chi connectivity index (χ4v) is 2.71. The number of hydrogen-bond acceptors (Lipinski definition) is 6. The van der Waals surface area contributed by atoms with Gasteiger partial charge in [-0.3, -0.25) is 0 Å². The first-order valence-electron chi connectivity index (χ1n) is 7.67. The van der Waals surface area contributed by atoms with Crippen molar-refractivity contribution in [1.82, 2.24) is 15.0 Å². The Kier molecular flexibility index (Phi) is 3.60. The molecule has 0 atom stereocenters. The molecule has 2 heterocycles. The normalized spacial score (nSPS) is 10.6. The van der Waals surface area contributed by atoms with Gasteiger partial charge in [0, 0.05) is 28.3 Å². The van der Waals surface area contributed by atoms with Gasteiger partial charge in [0.2, 0.25) is 5.95 Å². The maximum absolute atomic E-state index is 8.93. The van der Waals surface area contributed by atoms with Crippen molar-refractivity contribution in [3.63, 3.8) is 0 Å². The molecular weight excluding hydrogens is 314 g/mol. The number of rotatable bonds is 3. The van der Waals surface area contributed by atoms with Gasteiger partial charge in [0.25, 0.3) is 0 Å². The Labute approximate surface area is 143 Å². The number of nitrogens with zero attached hydrogens (tertiary/aromatic N) is 4. The molecule has 25 heavy (non-hydrogen) atoms. The van der Waals surface area contributed by atoms with Crippen molar-refractivity contribution in [1.29, 1.82) is 5.26 Å². The van der Waals surface area contributed by atoms with Crippen LogP contribution < -0.4 is 5.32 Å². The van der Waals surface area contributed by atoms with E-state index in [2.05, 4.69) is 26.3 Å². The third-order valence-electron chi connectivity index (χ3n) is 3.96. The number of fused-ring (bicyclic) bond motifs is 1. The highest BCUT2D eigenvalue weighted by atomic mass is 16.3. The molecule has 0 fully saturated rings. The monoisotopic (exact) mass is 327 g/mol. The summed E-state index contributed by atoms with van der Waals surface area (Å²) in [5.74, 6) is 1.28. The summed E-state index contributed by atoms with van der Waals surface area (Å²) in [6.45, 7) is 2.03. The minimum atomic E-state index is 0.477. The third kappa shape index (κ3) is 2.79. The molecule has 0 aliphatic heterocycles. The van der Waals surface area contributed by atoms with Crippen molar-refractivity contribution >= 4 is 22.6 Å². The molecule has 0 spiro atoms. The zero-order valence-electron chi connectivity index (χ0n) is 13.4. The smallest absolute Gasteiger partial charge is 0.230 e. The first kappa shape index (κ1) is 14.8. The summed E-state index contributed by atoms with van der Waals surface area (Å²) in [5.41, 5.74) is 4.24. The number of nitrogens with one attached hydrogen (secondary N) is 1. The van der Waals surface area contributed by atoms with Gasteiger partial charge in [0.05, 0.1) is 11.6 Å². The Morgan fingerprint density at radius 2 is 1.80 bits per heavy atom. The lowest BCUT2D eigenvalue weighted by molar-refractivity contribution is 0.629. The molecule has 2 aromatic heterocycles. The van der Waals surface area contributed by atoms with Crippen LogP contribution >= 0.6 is 0 Å². The van der Waals surface area contributed by atoms with Crippen molar-refractivity contribution in [3.8, 4) is 17.4 Å². The number of aromatic nitrogens is 3. The van der Waals surface area contributed by atoms with Gasteiger partial charge in [-0.05, 0) is 43.3 Å². The summed E-state index contributed by atoms with van der Waals surface area (Å²) >= 11 is 0. The van der Waals surface area contributed by atoms with Crippen molar-refractivity contribution in [2.24, 2.45) is 0 Å². The van der Waals surface area contributed by atoms with Gasteiger partial charge in [0.1, 0.15) is 24.0 Å². The summed E-state index contributed by atoms with van der Waals surface area (Å²) in [6.07, 6.45) is 2.88. The number of benzene rings is 2. The Balaban J connectivity index is 1.72. The molecule has 0 amide bonds. The summed E-state index contributed by atoms with van der Waals surface area (Å²) < 4.78 is 6.06. The van der Waals surface area contributed by atoms with E-state index in [9.17, 15) is 0 Å². The molecule has 0 unspecified atom stereocenters. The van der Waals surface area contributed by atoms with Gasteiger partial charge in [0.15, 0.2) is 0 Å². The van der Waals surface area contributed by atoms with E-state index in [-0.39, 0.29) is 0 Å². The lowest BCUT2D eigenvalue weighted by Crippen LogP contribution is -1.96. The Morgan fingerprint density at radius 1 is 1.04 bits per heavy atom. The number of nitriles is 1. The SMILES string of the molecule is Cc1c(-c2ccc(C#N)cc2)oc2cc(Nc3ncncn3)ccc12. The quantitative estimate of drug-likeness (QED) is 0.606. The summed E-state index contributed by atoms with van der Waals surface area (Å²) in [5, 5.41) is 13.1. The van der Waals surface area contributed by atoms with Crippen LogP contribution in [0.4, 0.5) is 11.6 Å². The fraction of sp³-hybridized carbons (Fsp3) is 0.0526. The van der Waals surface area contributed by atoms with E-state index in [0.717, 1.165) is 33.5 Å². The lowest BCUT2D eigenvalue weighted by atomic mass is 10.1. The van der Waals surface area contributed by atoms with Crippen LogP contribution in [0.1, 0.15) is 11.1 Å². The van der Waals surface area contributed by atoms with Crippen molar-refractivity contribution in [2.75, 3.05) is 5.32 Å². The highest BCUT2D eigenvalue weighted by Crippen LogP contribution is 2.34. The molecule has 0 saturated carbocycles. The second-order valence-corrected chi connectivity index (χ2v) is 5.54. The molecular formula is C19H13N5O. The minimum Gasteiger partial charge on any atom is -0.456 e. The topological polar surface area (TPSA) is 87.6 Å². The molecule has 4 aromatic rings. The zero-order chi connectivity index (χ0) is 17.2. The summed E-state index contributed by atoms with van der Waals surface area (Å²) in [6, 6.07) is 15.4. The van der Waals surface area contributed by atoms with Gasteiger partial charge in [-0.15, -0.1) is 0 Å². The lowest BCUT2D eigenvalue weighted by Gasteiger charge is -2.03. The molecule has 0 radical (unpaired) electrons. The van der Waals surface area contributed by atoms with Crippen LogP contribution in [0.15, 0.2) is 59.5 Å². The average Bonchev–Trinajstić information content (AvgIpc) is 2.99. The highest BCUT2D eigenvalue weighted by molar-refractivity contribution is 5.90. The van der Waals surface area contributed by atoms with Crippen LogP contribution in [0.2, 0.25) is 0 Å². The van der Waals surface area contributed by atoms with E-state index >= 15 is 0 Å². The molecule has 0 saturated heterocycles. The molecule has 6 heteroatoms. The Bertz CT molecular complexity index is 1080. The standard InChI is InChI=1S/C19H13N5O/c1-12-16-7-6-15(24-19-22-10-21-11-23-19)8-17(16)25-18(12)14-4-2-13(9-20)3-5-14/h2-8,10-11H,1H3,(H,21,22,23,24). The predicted octanol–water partition coefficient (Wildman–Crippen LogP) is 4.21. The Hall–Kier alpha value is -3.72. The Morgan fingerprint density at radius 3 is 2.52 bits per heavy atom. The molecule has 0 bridgehead atoms. The number of anilines is 2. The second kappa shape index (κ2) is 6.06.